The van der Waals surface area contributed by atoms with Crippen molar-refractivity contribution in [3.05, 3.63) is 18.0 Å². The Balaban J connectivity index is 1.94. The number of piperidine rings is 1. The van der Waals surface area contributed by atoms with Crippen LogP contribution >= 0.6 is 0 Å². The summed E-state index contributed by atoms with van der Waals surface area (Å²) >= 11 is 0. The first-order valence-corrected chi connectivity index (χ1v) is 6.97. The van der Waals surface area contributed by atoms with Gasteiger partial charge in [0, 0.05) is 52.2 Å². The molecule has 0 bridgehead atoms. The molecule has 20 heavy (non-hydrogen) atoms. The van der Waals surface area contributed by atoms with E-state index in [4.69, 9.17) is 0 Å². The molecule has 0 aliphatic carbocycles. The molecule has 0 spiro atoms. The molecular weight excluding hydrogens is 254 g/mol. The Morgan fingerprint density at radius 3 is 2.50 bits per heavy atom. The maximum Gasteiger partial charge on any atom is 0.319 e. The van der Waals surface area contributed by atoms with E-state index >= 15 is 0 Å². The minimum atomic E-state index is 0.0651. The van der Waals surface area contributed by atoms with Gasteiger partial charge in [-0.05, 0) is 25.8 Å². The van der Waals surface area contributed by atoms with Crippen LogP contribution in [-0.4, -0.2) is 66.1 Å². The Labute approximate surface area is 120 Å². The van der Waals surface area contributed by atoms with Crippen molar-refractivity contribution >= 4 is 12.0 Å². The molecule has 2 rings (SSSR count). The van der Waals surface area contributed by atoms with Crippen molar-refractivity contribution < 1.29 is 4.79 Å². The first-order chi connectivity index (χ1) is 9.49. The highest BCUT2D eigenvalue weighted by molar-refractivity contribution is 5.73. The summed E-state index contributed by atoms with van der Waals surface area (Å²) in [5.41, 5.74) is 0.983. The van der Waals surface area contributed by atoms with Gasteiger partial charge in [0.1, 0.15) is 0 Å². The molecule has 0 N–H and O–H groups in total. The molecule has 1 fully saturated rings. The van der Waals surface area contributed by atoms with Gasteiger partial charge < -0.3 is 14.7 Å². The van der Waals surface area contributed by atoms with Crippen LogP contribution in [0.2, 0.25) is 0 Å². The van der Waals surface area contributed by atoms with E-state index in [2.05, 4.69) is 14.9 Å². The Morgan fingerprint density at radius 1 is 1.30 bits per heavy atom. The zero-order chi connectivity index (χ0) is 14.7. The Kier molecular flexibility index (Phi) is 4.42. The number of anilines is 1. The smallest absolute Gasteiger partial charge is 0.319 e. The molecule has 2 amide bonds. The molecule has 1 aliphatic heterocycles. The summed E-state index contributed by atoms with van der Waals surface area (Å²) in [5, 5.41) is 0. The number of nitrogens with zero attached hydrogens (tertiary/aromatic N) is 5. The van der Waals surface area contributed by atoms with Gasteiger partial charge >= 0.3 is 6.03 Å². The monoisotopic (exact) mass is 277 g/mol. The highest BCUT2D eigenvalue weighted by Crippen LogP contribution is 2.19. The molecule has 0 radical (unpaired) electrons. The van der Waals surface area contributed by atoms with Crippen molar-refractivity contribution in [1.82, 2.24) is 19.8 Å². The number of hydrogen-bond donors (Lipinski definition) is 0. The van der Waals surface area contributed by atoms with Gasteiger partial charge in [-0.25, -0.2) is 14.8 Å². The maximum absolute atomic E-state index is 12.0. The number of carbonyl (C=O) groups excluding carboxylic acids is 1. The van der Waals surface area contributed by atoms with Crippen molar-refractivity contribution in [2.24, 2.45) is 0 Å². The molecule has 1 aromatic heterocycles. The second-order valence-corrected chi connectivity index (χ2v) is 5.50. The number of aromatic nitrogens is 2. The van der Waals surface area contributed by atoms with Gasteiger partial charge in [0.2, 0.25) is 5.95 Å². The van der Waals surface area contributed by atoms with E-state index in [0.29, 0.717) is 6.04 Å². The largest absolute Gasteiger partial charge is 0.341 e. The Hall–Kier alpha value is -1.85. The molecule has 0 unspecified atom stereocenters. The number of urea groups is 1. The molecule has 1 aliphatic rings. The van der Waals surface area contributed by atoms with E-state index in [9.17, 15) is 4.79 Å². The average Bonchev–Trinajstić information content (AvgIpc) is 2.46. The number of carbonyl (C=O) groups is 1. The van der Waals surface area contributed by atoms with Crippen molar-refractivity contribution in [2.75, 3.05) is 39.1 Å². The van der Waals surface area contributed by atoms with Gasteiger partial charge in [-0.2, -0.15) is 0 Å². The van der Waals surface area contributed by atoms with Crippen LogP contribution in [0, 0.1) is 6.92 Å². The average molecular weight is 277 g/mol. The Morgan fingerprint density at radius 2 is 1.95 bits per heavy atom. The zero-order valence-corrected chi connectivity index (χ0v) is 12.7. The predicted molar refractivity (Wildman–Crippen MR) is 78.9 cm³/mol. The molecular formula is C14H23N5O. The van der Waals surface area contributed by atoms with Crippen LogP contribution in [0.1, 0.15) is 18.5 Å². The van der Waals surface area contributed by atoms with Gasteiger partial charge in [-0.15, -0.1) is 0 Å². The van der Waals surface area contributed by atoms with Crippen LogP contribution in [0.3, 0.4) is 0 Å². The topological polar surface area (TPSA) is 52.6 Å². The van der Waals surface area contributed by atoms with Crippen molar-refractivity contribution in [2.45, 2.75) is 25.8 Å². The van der Waals surface area contributed by atoms with E-state index in [0.717, 1.165) is 37.6 Å². The standard InChI is InChI=1S/C14H23N5O/c1-11-5-8-15-13(16-11)19-9-6-12(7-10-19)18(4)14(20)17(2)3/h5,8,12H,6-7,9-10H2,1-4H3. The number of hydrogen-bond acceptors (Lipinski definition) is 4. The highest BCUT2D eigenvalue weighted by atomic mass is 16.2. The second kappa shape index (κ2) is 6.07. The fourth-order valence-corrected chi connectivity index (χ4v) is 2.51. The van der Waals surface area contributed by atoms with E-state index in [1.165, 1.54) is 0 Å². The van der Waals surface area contributed by atoms with Crippen LogP contribution in [0.5, 0.6) is 0 Å². The lowest BCUT2D eigenvalue weighted by Crippen LogP contribution is -2.48. The van der Waals surface area contributed by atoms with Crippen molar-refractivity contribution in [3.8, 4) is 0 Å². The summed E-state index contributed by atoms with van der Waals surface area (Å²) in [6.45, 7) is 3.75. The van der Waals surface area contributed by atoms with E-state index in [1.807, 2.05) is 24.9 Å². The van der Waals surface area contributed by atoms with Gasteiger partial charge in [0.05, 0.1) is 0 Å². The molecule has 1 saturated heterocycles. The van der Waals surface area contributed by atoms with Crippen molar-refractivity contribution in [3.63, 3.8) is 0 Å². The fourth-order valence-electron chi connectivity index (χ4n) is 2.51. The summed E-state index contributed by atoms with van der Waals surface area (Å²) in [5.74, 6) is 0.796. The highest BCUT2D eigenvalue weighted by Gasteiger charge is 2.27. The summed E-state index contributed by atoms with van der Waals surface area (Å²) in [6, 6.07) is 2.26. The first kappa shape index (κ1) is 14.6. The zero-order valence-electron chi connectivity index (χ0n) is 12.7. The molecule has 6 heteroatoms. The predicted octanol–water partition coefficient (Wildman–Crippen LogP) is 1.37. The quantitative estimate of drug-likeness (QED) is 0.819. The lowest BCUT2D eigenvalue weighted by molar-refractivity contribution is 0.155. The van der Waals surface area contributed by atoms with Crippen LogP contribution in [0.15, 0.2) is 12.3 Å². The third-order valence-electron chi connectivity index (χ3n) is 3.76. The third kappa shape index (κ3) is 3.18. The molecule has 6 nitrogen and oxygen atoms in total. The van der Waals surface area contributed by atoms with Gasteiger partial charge in [0.15, 0.2) is 0 Å². The molecule has 110 valence electrons. The van der Waals surface area contributed by atoms with E-state index < -0.39 is 0 Å². The summed E-state index contributed by atoms with van der Waals surface area (Å²) in [4.78, 5) is 26.4. The second-order valence-electron chi connectivity index (χ2n) is 5.50. The number of aryl methyl sites for hydroxylation is 1. The lowest BCUT2D eigenvalue weighted by Gasteiger charge is -2.37. The Bertz CT molecular complexity index is 468. The third-order valence-corrected chi connectivity index (χ3v) is 3.76. The van der Waals surface area contributed by atoms with Crippen molar-refractivity contribution in [1.29, 1.82) is 0 Å². The summed E-state index contributed by atoms with van der Waals surface area (Å²) < 4.78 is 0. The normalized spacial score (nSPS) is 16.1. The van der Waals surface area contributed by atoms with Crippen LogP contribution in [0.25, 0.3) is 0 Å². The first-order valence-electron chi connectivity index (χ1n) is 6.97. The minimum Gasteiger partial charge on any atom is -0.341 e. The van der Waals surface area contributed by atoms with Gasteiger partial charge in [-0.1, -0.05) is 0 Å². The van der Waals surface area contributed by atoms with Crippen LogP contribution in [0.4, 0.5) is 10.7 Å². The number of amides is 2. The number of rotatable bonds is 2. The fraction of sp³-hybridized carbons (Fsp3) is 0.643. The van der Waals surface area contributed by atoms with Crippen LogP contribution < -0.4 is 4.90 Å². The van der Waals surface area contributed by atoms with E-state index in [1.54, 1.807) is 25.2 Å². The van der Waals surface area contributed by atoms with Gasteiger partial charge in [-0.3, -0.25) is 0 Å². The molecule has 0 atom stereocenters. The summed E-state index contributed by atoms with van der Waals surface area (Å²) in [7, 11) is 5.45. The molecule has 2 heterocycles. The lowest BCUT2D eigenvalue weighted by atomic mass is 10.0. The molecule has 0 saturated carbocycles. The maximum atomic E-state index is 12.0. The molecule has 1 aromatic rings. The molecule has 0 aromatic carbocycles. The van der Waals surface area contributed by atoms with Gasteiger partial charge in [0.25, 0.3) is 0 Å². The summed E-state index contributed by atoms with van der Waals surface area (Å²) in [6.07, 6.45) is 3.70. The van der Waals surface area contributed by atoms with Crippen LogP contribution in [-0.2, 0) is 0 Å². The van der Waals surface area contributed by atoms with E-state index in [-0.39, 0.29) is 6.03 Å². The SMILES string of the molecule is Cc1ccnc(N2CCC(N(C)C(=O)N(C)C)CC2)n1. The minimum absolute atomic E-state index is 0.0651.